The van der Waals surface area contributed by atoms with Crippen LogP contribution in [0.15, 0.2) is 12.1 Å². The van der Waals surface area contributed by atoms with Crippen LogP contribution in [0, 0.1) is 0 Å². The Hall–Kier alpha value is -1.68. The monoisotopic (exact) mass is 266 g/mol. The van der Waals surface area contributed by atoms with E-state index in [4.69, 9.17) is 26.8 Å². The zero-order chi connectivity index (χ0) is 13.3. The van der Waals surface area contributed by atoms with Crippen molar-refractivity contribution in [2.75, 3.05) is 20.0 Å². The van der Waals surface area contributed by atoms with E-state index in [0.29, 0.717) is 27.9 Å². The molecule has 4 nitrogen and oxygen atoms in total. The summed E-state index contributed by atoms with van der Waals surface area (Å²) in [6.07, 6.45) is 0.798. The zero-order valence-corrected chi connectivity index (χ0v) is 11.3. The van der Waals surface area contributed by atoms with E-state index in [0.717, 1.165) is 17.4 Å². The van der Waals surface area contributed by atoms with Crippen molar-refractivity contribution in [2.24, 2.45) is 0 Å². The second-order valence-corrected chi connectivity index (χ2v) is 4.28. The summed E-state index contributed by atoms with van der Waals surface area (Å²) in [4.78, 5) is 4.38. The van der Waals surface area contributed by atoms with Gasteiger partial charge in [-0.1, -0.05) is 18.5 Å². The van der Waals surface area contributed by atoms with E-state index in [-0.39, 0.29) is 0 Å². The highest BCUT2D eigenvalue weighted by atomic mass is 35.5. The Morgan fingerprint density at radius 1 is 1.28 bits per heavy atom. The molecule has 0 atom stereocenters. The lowest BCUT2D eigenvalue weighted by Gasteiger charge is -2.13. The molecular formula is C13H15ClN2O2. The van der Waals surface area contributed by atoms with Gasteiger partial charge in [0, 0.05) is 11.5 Å². The fourth-order valence-electron chi connectivity index (χ4n) is 1.95. The van der Waals surface area contributed by atoms with Crippen LogP contribution < -0.4 is 15.2 Å². The first kappa shape index (κ1) is 12.8. The van der Waals surface area contributed by atoms with E-state index in [9.17, 15) is 0 Å². The maximum absolute atomic E-state index is 6.16. The van der Waals surface area contributed by atoms with Crippen LogP contribution in [0.4, 0.5) is 5.82 Å². The first-order valence-electron chi connectivity index (χ1n) is 5.61. The number of halogens is 1. The third-order valence-electron chi connectivity index (χ3n) is 2.89. The van der Waals surface area contributed by atoms with Crippen molar-refractivity contribution in [1.82, 2.24) is 4.98 Å². The van der Waals surface area contributed by atoms with Gasteiger partial charge in [-0.25, -0.2) is 4.98 Å². The lowest BCUT2D eigenvalue weighted by molar-refractivity contribution is 0.410. The summed E-state index contributed by atoms with van der Waals surface area (Å²) in [5, 5.41) is 1.31. The molecule has 0 aliphatic carbocycles. The summed E-state index contributed by atoms with van der Waals surface area (Å²) in [5.41, 5.74) is 7.53. The summed E-state index contributed by atoms with van der Waals surface area (Å²) in [6.45, 7) is 2.02. The Bertz CT molecular complexity index is 599. The van der Waals surface area contributed by atoms with Crippen molar-refractivity contribution in [2.45, 2.75) is 13.3 Å². The number of pyridine rings is 1. The molecule has 0 unspecified atom stereocenters. The molecule has 1 aromatic carbocycles. The third kappa shape index (κ3) is 1.93. The Balaban J connectivity index is 2.89. The lowest BCUT2D eigenvalue weighted by atomic mass is 10.1. The third-order valence-corrected chi connectivity index (χ3v) is 3.17. The van der Waals surface area contributed by atoms with Crippen LogP contribution in [0.5, 0.6) is 11.5 Å². The Labute approximate surface area is 111 Å². The predicted molar refractivity (Wildman–Crippen MR) is 73.6 cm³/mol. The van der Waals surface area contributed by atoms with Crippen molar-refractivity contribution >= 4 is 28.3 Å². The zero-order valence-electron chi connectivity index (χ0n) is 10.6. The Morgan fingerprint density at radius 3 is 2.56 bits per heavy atom. The number of hydrogen-bond acceptors (Lipinski definition) is 4. The molecule has 2 N–H and O–H groups in total. The fourth-order valence-corrected chi connectivity index (χ4v) is 2.23. The van der Waals surface area contributed by atoms with E-state index in [1.807, 2.05) is 13.0 Å². The smallest absolute Gasteiger partial charge is 0.147 e. The van der Waals surface area contributed by atoms with Gasteiger partial charge in [-0.05, 0) is 18.1 Å². The van der Waals surface area contributed by atoms with E-state index in [1.54, 1.807) is 20.3 Å². The van der Waals surface area contributed by atoms with Gasteiger partial charge >= 0.3 is 0 Å². The Morgan fingerprint density at radius 2 is 2.00 bits per heavy atom. The molecule has 0 saturated heterocycles. The highest BCUT2D eigenvalue weighted by Crippen LogP contribution is 2.39. The molecule has 0 spiro atoms. The Kier molecular flexibility index (Phi) is 3.48. The molecule has 0 fully saturated rings. The summed E-state index contributed by atoms with van der Waals surface area (Å²) < 4.78 is 10.6. The van der Waals surface area contributed by atoms with E-state index >= 15 is 0 Å². The molecule has 2 aromatic rings. The highest BCUT2D eigenvalue weighted by Gasteiger charge is 2.15. The minimum absolute atomic E-state index is 0.496. The largest absolute Gasteiger partial charge is 0.494 e. The number of ether oxygens (including phenoxy) is 2. The molecule has 0 radical (unpaired) electrons. The molecule has 0 bridgehead atoms. The average molecular weight is 267 g/mol. The number of rotatable bonds is 3. The number of nitrogen functional groups attached to an aromatic ring is 1. The quantitative estimate of drug-likeness (QED) is 0.928. The number of anilines is 1. The molecule has 0 aliphatic rings. The van der Waals surface area contributed by atoms with Crippen LogP contribution in [0.3, 0.4) is 0 Å². The standard InChI is InChI=1S/C13H15ClN2O2/c1-4-7-5-8-11(16-13(7)15)10(17-2)6-9(14)12(8)18-3/h5-6H,4H2,1-3H3,(H2,15,16). The molecule has 96 valence electrons. The van der Waals surface area contributed by atoms with Gasteiger partial charge in [-0.15, -0.1) is 0 Å². The number of aromatic nitrogens is 1. The number of nitrogens with zero attached hydrogens (tertiary/aromatic N) is 1. The molecule has 1 heterocycles. The van der Waals surface area contributed by atoms with Crippen LogP contribution in [0.1, 0.15) is 12.5 Å². The lowest BCUT2D eigenvalue weighted by Crippen LogP contribution is -2.00. The van der Waals surface area contributed by atoms with Gasteiger partial charge < -0.3 is 15.2 Å². The summed E-state index contributed by atoms with van der Waals surface area (Å²) in [7, 11) is 3.15. The molecule has 1 aromatic heterocycles. The molecule has 2 rings (SSSR count). The average Bonchev–Trinajstić information content (AvgIpc) is 2.37. The van der Waals surface area contributed by atoms with E-state index in [1.165, 1.54) is 0 Å². The first-order chi connectivity index (χ1) is 8.62. The molecule has 18 heavy (non-hydrogen) atoms. The van der Waals surface area contributed by atoms with E-state index < -0.39 is 0 Å². The van der Waals surface area contributed by atoms with Gasteiger partial charge in [-0.2, -0.15) is 0 Å². The fraction of sp³-hybridized carbons (Fsp3) is 0.308. The van der Waals surface area contributed by atoms with Crippen molar-refractivity contribution in [3.05, 3.63) is 22.7 Å². The van der Waals surface area contributed by atoms with Gasteiger partial charge in [-0.3, -0.25) is 0 Å². The number of methoxy groups -OCH3 is 2. The number of hydrogen-bond donors (Lipinski definition) is 1. The van der Waals surface area contributed by atoms with Crippen LogP contribution in [-0.4, -0.2) is 19.2 Å². The number of nitrogens with two attached hydrogens (primary N) is 1. The van der Waals surface area contributed by atoms with Gasteiger partial charge in [0.05, 0.1) is 19.2 Å². The van der Waals surface area contributed by atoms with Crippen LogP contribution in [0.25, 0.3) is 10.9 Å². The normalized spacial score (nSPS) is 10.7. The van der Waals surface area contributed by atoms with Crippen LogP contribution in [0.2, 0.25) is 5.02 Å². The number of fused-ring (bicyclic) bond motifs is 1. The molecule has 0 aliphatic heterocycles. The van der Waals surface area contributed by atoms with Gasteiger partial charge in [0.1, 0.15) is 22.8 Å². The topological polar surface area (TPSA) is 57.4 Å². The maximum atomic E-state index is 6.16. The van der Waals surface area contributed by atoms with Crippen molar-refractivity contribution < 1.29 is 9.47 Å². The van der Waals surface area contributed by atoms with Gasteiger partial charge in [0.15, 0.2) is 0 Å². The number of aryl methyl sites for hydroxylation is 1. The van der Waals surface area contributed by atoms with E-state index in [2.05, 4.69) is 4.98 Å². The van der Waals surface area contributed by atoms with Crippen molar-refractivity contribution in [3.8, 4) is 11.5 Å². The molecular weight excluding hydrogens is 252 g/mol. The van der Waals surface area contributed by atoms with Crippen LogP contribution >= 0.6 is 11.6 Å². The van der Waals surface area contributed by atoms with Crippen LogP contribution in [-0.2, 0) is 6.42 Å². The first-order valence-corrected chi connectivity index (χ1v) is 5.99. The maximum Gasteiger partial charge on any atom is 0.147 e. The number of benzene rings is 1. The SMILES string of the molecule is CCc1cc2c(OC)c(Cl)cc(OC)c2nc1N. The summed E-state index contributed by atoms with van der Waals surface area (Å²) >= 11 is 6.16. The minimum atomic E-state index is 0.496. The highest BCUT2D eigenvalue weighted by molar-refractivity contribution is 6.33. The van der Waals surface area contributed by atoms with Gasteiger partial charge in [0.2, 0.25) is 0 Å². The summed E-state index contributed by atoms with van der Waals surface area (Å²) in [5.74, 6) is 1.69. The van der Waals surface area contributed by atoms with Crippen molar-refractivity contribution in [1.29, 1.82) is 0 Å². The molecule has 0 amide bonds. The summed E-state index contributed by atoms with van der Waals surface area (Å²) in [6, 6.07) is 3.63. The predicted octanol–water partition coefficient (Wildman–Crippen LogP) is 3.05. The second-order valence-electron chi connectivity index (χ2n) is 3.88. The molecule has 5 heteroatoms. The second kappa shape index (κ2) is 4.90. The molecule has 0 saturated carbocycles. The minimum Gasteiger partial charge on any atom is -0.494 e. The van der Waals surface area contributed by atoms with Crippen molar-refractivity contribution in [3.63, 3.8) is 0 Å². The van der Waals surface area contributed by atoms with Gasteiger partial charge in [0.25, 0.3) is 0 Å².